The van der Waals surface area contributed by atoms with Crippen molar-refractivity contribution in [3.8, 4) is 17.2 Å². The van der Waals surface area contributed by atoms with Gasteiger partial charge in [0.25, 0.3) is 5.91 Å². The summed E-state index contributed by atoms with van der Waals surface area (Å²) in [6, 6.07) is 10.3. The Morgan fingerprint density at radius 3 is 2.67 bits per heavy atom. The number of methoxy groups -OCH3 is 1. The Labute approximate surface area is 213 Å². The molecule has 2 N–H and O–H groups in total. The summed E-state index contributed by atoms with van der Waals surface area (Å²) in [4.78, 5) is 25.6. The Bertz CT molecular complexity index is 1280. The molecule has 11 heteroatoms. The summed E-state index contributed by atoms with van der Waals surface area (Å²) < 4.78 is 17.8. The predicted molar refractivity (Wildman–Crippen MR) is 136 cm³/mol. The van der Waals surface area contributed by atoms with Gasteiger partial charge in [0.2, 0.25) is 12.7 Å². The highest BCUT2D eigenvalue weighted by Crippen LogP contribution is 2.33. The number of hydrogen-bond acceptors (Lipinski definition) is 8. The van der Waals surface area contributed by atoms with Crippen molar-refractivity contribution in [3.63, 3.8) is 0 Å². The molecule has 0 spiro atoms. The smallest absolute Gasteiger partial charge is 0.252 e. The molecule has 10 nitrogen and oxygen atoms in total. The van der Waals surface area contributed by atoms with Gasteiger partial charge in [-0.05, 0) is 48.7 Å². The van der Waals surface area contributed by atoms with E-state index in [1.54, 1.807) is 29.9 Å². The molecule has 1 aliphatic rings. The number of anilines is 1. The molecule has 1 aromatic heterocycles. The first kappa shape index (κ1) is 25.4. The minimum absolute atomic E-state index is 0.0424. The van der Waals surface area contributed by atoms with Gasteiger partial charge in [0.15, 0.2) is 22.5 Å². The van der Waals surface area contributed by atoms with Gasteiger partial charge in [-0.2, -0.15) is 0 Å². The summed E-state index contributed by atoms with van der Waals surface area (Å²) in [5, 5.41) is 15.1. The molecule has 36 heavy (non-hydrogen) atoms. The third kappa shape index (κ3) is 5.56. The molecule has 3 aromatic rings. The van der Waals surface area contributed by atoms with E-state index in [-0.39, 0.29) is 36.3 Å². The molecular weight excluding hydrogens is 482 g/mol. The molecule has 0 saturated carbocycles. The summed E-state index contributed by atoms with van der Waals surface area (Å²) in [6.07, 6.45) is 0. The topological polar surface area (TPSA) is 117 Å². The summed E-state index contributed by atoms with van der Waals surface area (Å²) in [6.45, 7) is 6.08. The van der Waals surface area contributed by atoms with E-state index in [9.17, 15) is 9.59 Å². The third-order valence-electron chi connectivity index (χ3n) is 5.70. The van der Waals surface area contributed by atoms with Crippen LogP contribution in [0.3, 0.4) is 0 Å². The van der Waals surface area contributed by atoms with Gasteiger partial charge in [-0.3, -0.25) is 9.59 Å². The maximum absolute atomic E-state index is 13.0. The van der Waals surface area contributed by atoms with Crippen LogP contribution in [0, 0.1) is 12.8 Å². The summed E-state index contributed by atoms with van der Waals surface area (Å²) in [5.41, 5.74) is 2.09. The molecule has 0 bridgehead atoms. The summed E-state index contributed by atoms with van der Waals surface area (Å²) in [7, 11) is 3.38. The number of aryl methyl sites for hydroxylation is 1. The van der Waals surface area contributed by atoms with Gasteiger partial charge < -0.3 is 29.4 Å². The highest BCUT2D eigenvalue weighted by molar-refractivity contribution is 7.99. The minimum Gasteiger partial charge on any atom is -0.495 e. The Morgan fingerprint density at radius 1 is 1.14 bits per heavy atom. The van der Waals surface area contributed by atoms with Gasteiger partial charge >= 0.3 is 0 Å². The number of amides is 2. The molecule has 2 amide bonds. The van der Waals surface area contributed by atoms with Crippen LogP contribution >= 0.6 is 11.8 Å². The Kier molecular flexibility index (Phi) is 7.68. The zero-order valence-electron chi connectivity index (χ0n) is 20.8. The average molecular weight is 512 g/mol. The second-order valence-corrected chi connectivity index (χ2v) is 9.65. The number of nitrogens with zero attached hydrogens (tertiary/aromatic N) is 3. The van der Waals surface area contributed by atoms with Crippen molar-refractivity contribution in [1.29, 1.82) is 0 Å². The van der Waals surface area contributed by atoms with Crippen molar-refractivity contribution < 1.29 is 23.8 Å². The van der Waals surface area contributed by atoms with E-state index < -0.39 is 0 Å². The number of nitrogens with one attached hydrogen (secondary N) is 2. The fourth-order valence-electron chi connectivity index (χ4n) is 3.75. The number of thioether (sulfide) groups is 1. The minimum atomic E-state index is -0.389. The number of hydrogen-bond donors (Lipinski definition) is 2. The van der Waals surface area contributed by atoms with Crippen molar-refractivity contribution in [2.45, 2.75) is 32.0 Å². The van der Waals surface area contributed by atoms with Crippen LogP contribution in [0.1, 0.15) is 41.6 Å². The fraction of sp³-hybridized carbons (Fsp3) is 0.360. The molecule has 4 rings (SSSR count). The van der Waals surface area contributed by atoms with Crippen molar-refractivity contribution in [2.24, 2.45) is 13.0 Å². The number of carbonyl (C=O) groups excluding carboxylic acids is 2. The van der Waals surface area contributed by atoms with Crippen LogP contribution in [0.25, 0.3) is 0 Å². The molecule has 190 valence electrons. The maximum atomic E-state index is 13.0. The van der Waals surface area contributed by atoms with Crippen molar-refractivity contribution in [2.75, 3.05) is 25.0 Å². The van der Waals surface area contributed by atoms with Crippen LogP contribution in [-0.4, -0.2) is 46.2 Å². The second-order valence-electron chi connectivity index (χ2n) is 8.70. The van der Waals surface area contributed by atoms with Gasteiger partial charge in [-0.25, -0.2) is 0 Å². The highest BCUT2D eigenvalue weighted by atomic mass is 32.2. The summed E-state index contributed by atoms with van der Waals surface area (Å²) >= 11 is 1.26. The number of ether oxygens (including phenoxy) is 3. The normalized spacial score (nSPS) is 12.9. The van der Waals surface area contributed by atoms with E-state index in [2.05, 4.69) is 20.8 Å². The molecule has 1 unspecified atom stereocenters. The number of aromatic nitrogens is 3. The van der Waals surface area contributed by atoms with E-state index >= 15 is 0 Å². The standard InChI is InChI=1S/C25H29N5O5S/c1-14(2)22(27-24(32)16-7-9-19-20(11-16)35-13-34-19)23-28-29-25(30(23)4)36-12-21(31)26-17-10-15(3)6-8-18(17)33-5/h6-11,14,22H,12-13H2,1-5H3,(H,26,31)(H,27,32). The number of carbonyl (C=O) groups is 2. The van der Waals surface area contributed by atoms with Gasteiger partial charge in [-0.1, -0.05) is 31.7 Å². The van der Waals surface area contributed by atoms with E-state index in [1.807, 2.05) is 46.0 Å². The highest BCUT2D eigenvalue weighted by Gasteiger charge is 2.26. The van der Waals surface area contributed by atoms with Crippen LogP contribution in [0.4, 0.5) is 5.69 Å². The van der Waals surface area contributed by atoms with Crippen LogP contribution < -0.4 is 24.8 Å². The van der Waals surface area contributed by atoms with Crippen molar-refractivity contribution in [3.05, 3.63) is 53.3 Å². The van der Waals surface area contributed by atoms with Gasteiger partial charge in [0.05, 0.1) is 24.6 Å². The van der Waals surface area contributed by atoms with E-state index in [0.717, 1.165) is 5.56 Å². The van der Waals surface area contributed by atoms with Gasteiger partial charge in [0.1, 0.15) is 5.75 Å². The number of fused-ring (bicyclic) bond motifs is 1. The lowest BCUT2D eigenvalue weighted by Gasteiger charge is -2.21. The lowest BCUT2D eigenvalue weighted by atomic mass is 10.0. The molecule has 2 heterocycles. The van der Waals surface area contributed by atoms with Gasteiger partial charge in [-0.15, -0.1) is 10.2 Å². The van der Waals surface area contributed by atoms with Crippen molar-refractivity contribution >= 4 is 29.3 Å². The summed E-state index contributed by atoms with van der Waals surface area (Å²) in [5.74, 6) is 2.09. The Hall–Kier alpha value is -3.73. The van der Waals surface area contributed by atoms with Crippen molar-refractivity contribution in [1.82, 2.24) is 20.1 Å². The molecule has 2 aromatic carbocycles. The number of rotatable bonds is 9. The Balaban J connectivity index is 1.42. The van der Waals surface area contributed by atoms with Crippen LogP contribution in [0.5, 0.6) is 17.2 Å². The van der Waals surface area contributed by atoms with Crippen LogP contribution in [0.2, 0.25) is 0 Å². The van der Waals surface area contributed by atoms with E-state index in [4.69, 9.17) is 14.2 Å². The quantitative estimate of drug-likeness (QED) is 0.418. The molecule has 0 radical (unpaired) electrons. The molecule has 1 atom stereocenters. The molecule has 0 saturated heterocycles. The monoisotopic (exact) mass is 511 g/mol. The largest absolute Gasteiger partial charge is 0.495 e. The lowest BCUT2D eigenvalue weighted by Crippen LogP contribution is -2.33. The van der Waals surface area contributed by atoms with E-state index in [0.29, 0.717) is 39.5 Å². The van der Waals surface area contributed by atoms with E-state index in [1.165, 1.54) is 11.8 Å². The Morgan fingerprint density at radius 2 is 1.92 bits per heavy atom. The molecule has 1 aliphatic heterocycles. The SMILES string of the molecule is COc1ccc(C)cc1NC(=O)CSc1nnc(C(NC(=O)c2ccc3c(c2)OCO3)C(C)C)n1C. The third-order valence-corrected chi connectivity index (χ3v) is 6.72. The zero-order valence-corrected chi connectivity index (χ0v) is 21.6. The molecule has 0 fully saturated rings. The first-order chi connectivity index (χ1) is 17.3. The fourth-order valence-corrected chi connectivity index (χ4v) is 4.47. The maximum Gasteiger partial charge on any atom is 0.252 e. The first-order valence-electron chi connectivity index (χ1n) is 11.4. The average Bonchev–Trinajstić information content (AvgIpc) is 3.47. The lowest BCUT2D eigenvalue weighted by molar-refractivity contribution is -0.113. The van der Waals surface area contributed by atoms with Gasteiger partial charge in [0, 0.05) is 12.6 Å². The van der Waals surface area contributed by atoms with Crippen LogP contribution in [-0.2, 0) is 11.8 Å². The zero-order chi connectivity index (χ0) is 25.8. The molecule has 0 aliphatic carbocycles. The molecular formula is C25H29N5O5S. The second kappa shape index (κ2) is 10.9. The first-order valence-corrected chi connectivity index (χ1v) is 12.4. The number of benzene rings is 2. The van der Waals surface area contributed by atoms with Crippen LogP contribution in [0.15, 0.2) is 41.6 Å². The predicted octanol–water partition coefficient (Wildman–Crippen LogP) is 3.72.